The van der Waals surface area contributed by atoms with Crippen molar-refractivity contribution in [2.45, 2.75) is 90.4 Å². The standard InChI is InChI=1S/C20H38N2O3/c1-5-16-8-6-7-9-18(16)21-12-15-24-17-10-13-22(14-11-17)19(23)25-20(2,3)4/h16-18,21H,5-15H2,1-4H3. The number of nitrogens with zero attached hydrogens (tertiary/aromatic N) is 1. The summed E-state index contributed by atoms with van der Waals surface area (Å²) in [6, 6.07) is 0.677. The van der Waals surface area contributed by atoms with E-state index >= 15 is 0 Å². The first kappa shape index (κ1) is 20.5. The van der Waals surface area contributed by atoms with Crippen LogP contribution in [0.3, 0.4) is 0 Å². The van der Waals surface area contributed by atoms with Crippen molar-refractivity contribution in [1.29, 1.82) is 0 Å². The van der Waals surface area contributed by atoms with Crippen molar-refractivity contribution in [1.82, 2.24) is 10.2 Å². The lowest BCUT2D eigenvalue weighted by Gasteiger charge is -2.34. The van der Waals surface area contributed by atoms with Crippen LogP contribution in [-0.4, -0.2) is 55.0 Å². The first-order valence-corrected chi connectivity index (χ1v) is 10.2. The Morgan fingerprint density at radius 3 is 2.44 bits per heavy atom. The van der Waals surface area contributed by atoms with Crippen LogP contribution in [0.5, 0.6) is 0 Å². The van der Waals surface area contributed by atoms with Crippen molar-refractivity contribution >= 4 is 6.09 Å². The van der Waals surface area contributed by atoms with Gasteiger partial charge in [-0.1, -0.05) is 26.2 Å². The number of likely N-dealkylation sites (tertiary alicyclic amines) is 1. The second-order valence-electron chi connectivity index (χ2n) is 8.55. The van der Waals surface area contributed by atoms with Crippen LogP contribution >= 0.6 is 0 Å². The molecule has 1 aliphatic carbocycles. The maximum Gasteiger partial charge on any atom is 0.410 e. The summed E-state index contributed by atoms with van der Waals surface area (Å²) in [4.78, 5) is 13.9. The Labute approximate surface area is 153 Å². The van der Waals surface area contributed by atoms with E-state index in [1.54, 1.807) is 4.90 Å². The van der Waals surface area contributed by atoms with Crippen LogP contribution in [0, 0.1) is 5.92 Å². The minimum Gasteiger partial charge on any atom is -0.444 e. The smallest absolute Gasteiger partial charge is 0.410 e. The van der Waals surface area contributed by atoms with Crippen LogP contribution in [0.15, 0.2) is 0 Å². The molecule has 2 unspecified atom stereocenters. The molecule has 2 rings (SSSR count). The molecule has 25 heavy (non-hydrogen) atoms. The fourth-order valence-electron chi connectivity index (χ4n) is 3.97. The van der Waals surface area contributed by atoms with Crippen LogP contribution in [0.1, 0.15) is 72.6 Å². The average molecular weight is 355 g/mol. The molecule has 146 valence electrons. The number of carbonyl (C=O) groups is 1. The third-order valence-corrected chi connectivity index (χ3v) is 5.39. The summed E-state index contributed by atoms with van der Waals surface area (Å²) in [5, 5.41) is 3.71. The van der Waals surface area contributed by atoms with Crippen molar-refractivity contribution in [2.75, 3.05) is 26.2 Å². The second-order valence-corrected chi connectivity index (χ2v) is 8.55. The highest BCUT2D eigenvalue weighted by molar-refractivity contribution is 5.68. The molecule has 0 aromatic rings. The van der Waals surface area contributed by atoms with Crippen LogP contribution in [0.4, 0.5) is 4.79 Å². The number of piperidine rings is 1. The highest BCUT2D eigenvalue weighted by Gasteiger charge is 2.27. The van der Waals surface area contributed by atoms with Gasteiger partial charge in [-0.15, -0.1) is 0 Å². The van der Waals surface area contributed by atoms with Gasteiger partial charge in [0.15, 0.2) is 0 Å². The highest BCUT2D eigenvalue weighted by atomic mass is 16.6. The Morgan fingerprint density at radius 2 is 1.80 bits per heavy atom. The van der Waals surface area contributed by atoms with Gasteiger partial charge in [-0.25, -0.2) is 4.79 Å². The molecule has 1 saturated heterocycles. The van der Waals surface area contributed by atoms with E-state index in [9.17, 15) is 4.79 Å². The Balaban J connectivity index is 1.58. The van der Waals surface area contributed by atoms with E-state index in [2.05, 4.69) is 12.2 Å². The van der Waals surface area contributed by atoms with Gasteiger partial charge in [-0.05, 0) is 52.4 Å². The maximum atomic E-state index is 12.1. The molecule has 0 bridgehead atoms. The van der Waals surface area contributed by atoms with E-state index in [1.165, 1.54) is 32.1 Å². The van der Waals surface area contributed by atoms with Crippen LogP contribution in [0.25, 0.3) is 0 Å². The molecule has 1 saturated carbocycles. The van der Waals surface area contributed by atoms with Crippen LogP contribution in [0.2, 0.25) is 0 Å². The number of ether oxygens (including phenoxy) is 2. The minimum atomic E-state index is -0.425. The van der Waals surface area contributed by atoms with Crippen molar-refractivity contribution < 1.29 is 14.3 Å². The van der Waals surface area contributed by atoms with Gasteiger partial charge in [0, 0.05) is 25.7 Å². The van der Waals surface area contributed by atoms with Gasteiger partial charge in [0.2, 0.25) is 0 Å². The zero-order valence-electron chi connectivity index (χ0n) is 16.7. The Kier molecular flexibility index (Phi) is 8.01. The summed E-state index contributed by atoms with van der Waals surface area (Å²) in [6.45, 7) is 11.2. The Hall–Kier alpha value is -0.810. The predicted octanol–water partition coefficient (Wildman–Crippen LogP) is 3.96. The summed E-state index contributed by atoms with van der Waals surface area (Å²) in [6.07, 6.45) is 8.60. The molecule has 2 atom stereocenters. The van der Waals surface area contributed by atoms with Crippen molar-refractivity contribution in [2.24, 2.45) is 5.92 Å². The summed E-state index contributed by atoms with van der Waals surface area (Å²) >= 11 is 0. The van der Waals surface area contributed by atoms with E-state index < -0.39 is 5.60 Å². The molecule has 1 amide bonds. The van der Waals surface area contributed by atoms with Crippen LogP contribution < -0.4 is 5.32 Å². The molecule has 0 radical (unpaired) electrons. The van der Waals surface area contributed by atoms with Gasteiger partial charge < -0.3 is 19.7 Å². The molecule has 2 fully saturated rings. The lowest BCUT2D eigenvalue weighted by atomic mass is 9.83. The molecular weight excluding hydrogens is 316 g/mol. The molecule has 0 aromatic carbocycles. The van der Waals surface area contributed by atoms with Gasteiger partial charge in [0.1, 0.15) is 5.60 Å². The summed E-state index contributed by atoms with van der Waals surface area (Å²) in [5.74, 6) is 0.839. The molecule has 2 aliphatic rings. The average Bonchev–Trinajstić information content (AvgIpc) is 2.58. The molecule has 0 spiro atoms. The first-order chi connectivity index (χ1) is 11.9. The van der Waals surface area contributed by atoms with Crippen molar-refractivity contribution in [3.8, 4) is 0 Å². The van der Waals surface area contributed by atoms with Crippen molar-refractivity contribution in [3.05, 3.63) is 0 Å². The zero-order chi connectivity index (χ0) is 18.3. The summed E-state index contributed by atoms with van der Waals surface area (Å²) in [7, 11) is 0. The van der Waals surface area contributed by atoms with Gasteiger partial charge in [-0.3, -0.25) is 0 Å². The maximum absolute atomic E-state index is 12.1. The molecular formula is C20H38N2O3. The molecule has 1 N–H and O–H groups in total. The Morgan fingerprint density at radius 1 is 1.12 bits per heavy atom. The number of carbonyl (C=O) groups excluding carboxylic acids is 1. The molecule has 1 aliphatic heterocycles. The summed E-state index contributed by atoms with van der Waals surface area (Å²) < 4.78 is 11.5. The highest BCUT2D eigenvalue weighted by Crippen LogP contribution is 2.26. The van der Waals surface area contributed by atoms with E-state index in [-0.39, 0.29) is 12.2 Å². The third kappa shape index (κ3) is 7.14. The number of rotatable bonds is 6. The monoisotopic (exact) mass is 354 g/mol. The zero-order valence-corrected chi connectivity index (χ0v) is 16.7. The first-order valence-electron chi connectivity index (χ1n) is 10.2. The summed E-state index contributed by atoms with van der Waals surface area (Å²) in [5.41, 5.74) is -0.425. The number of nitrogens with one attached hydrogen (secondary N) is 1. The number of amides is 1. The molecule has 0 aromatic heterocycles. The lowest BCUT2D eigenvalue weighted by Crippen LogP contribution is -2.44. The van der Waals surface area contributed by atoms with E-state index in [4.69, 9.17) is 9.47 Å². The van der Waals surface area contributed by atoms with Crippen LogP contribution in [-0.2, 0) is 9.47 Å². The Bertz CT molecular complexity index is 400. The van der Waals surface area contributed by atoms with Gasteiger partial charge in [0.25, 0.3) is 0 Å². The van der Waals surface area contributed by atoms with E-state index in [0.29, 0.717) is 6.04 Å². The SMILES string of the molecule is CCC1CCCCC1NCCOC1CCN(C(=O)OC(C)(C)C)CC1. The number of hydrogen-bond acceptors (Lipinski definition) is 4. The molecule has 5 nitrogen and oxygen atoms in total. The number of hydrogen-bond donors (Lipinski definition) is 1. The predicted molar refractivity (Wildman–Crippen MR) is 101 cm³/mol. The third-order valence-electron chi connectivity index (χ3n) is 5.39. The van der Waals surface area contributed by atoms with E-state index in [1.807, 2.05) is 20.8 Å². The quantitative estimate of drug-likeness (QED) is 0.734. The van der Waals surface area contributed by atoms with E-state index in [0.717, 1.165) is 45.0 Å². The van der Waals surface area contributed by atoms with Gasteiger partial charge >= 0.3 is 6.09 Å². The minimum absolute atomic E-state index is 0.199. The largest absolute Gasteiger partial charge is 0.444 e. The second kappa shape index (κ2) is 9.77. The van der Waals surface area contributed by atoms with Gasteiger partial charge in [-0.2, -0.15) is 0 Å². The van der Waals surface area contributed by atoms with Gasteiger partial charge in [0.05, 0.1) is 12.7 Å². The fourth-order valence-corrected chi connectivity index (χ4v) is 3.97. The topological polar surface area (TPSA) is 50.8 Å². The molecule has 5 heteroatoms. The lowest BCUT2D eigenvalue weighted by molar-refractivity contribution is -0.0112. The molecule has 1 heterocycles. The fraction of sp³-hybridized carbons (Fsp3) is 0.950. The normalized spacial score (nSPS) is 25.8. The van der Waals surface area contributed by atoms with Crippen molar-refractivity contribution in [3.63, 3.8) is 0 Å².